The Kier molecular flexibility index (Phi) is 4.39. The second-order valence-corrected chi connectivity index (χ2v) is 5.87. The van der Waals surface area contributed by atoms with Crippen LogP contribution in [0.3, 0.4) is 0 Å². The van der Waals surface area contributed by atoms with Crippen LogP contribution in [-0.4, -0.2) is 45.5 Å². The van der Waals surface area contributed by atoms with Crippen LogP contribution in [0, 0.1) is 0 Å². The summed E-state index contributed by atoms with van der Waals surface area (Å²) >= 11 is 1.23. The number of amides is 2. The standard InChI is InChI=1S/C13H19N3O3S/c1-3-13(8-17)5-4-6-16(13)11(19)10-7-20-12(15-10)14-9(2)18/h7,17H,3-6,8H2,1-2H3,(H,14,15,18). The van der Waals surface area contributed by atoms with Crippen molar-refractivity contribution in [1.82, 2.24) is 9.88 Å². The maximum absolute atomic E-state index is 12.5. The van der Waals surface area contributed by atoms with Gasteiger partial charge in [-0.05, 0) is 19.3 Å². The van der Waals surface area contributed by atoms with E-state index >= 15 is 0 Å². The van der Waals surface area contributed by atoms with Crippen molar-refractivity contribution in [2.75, 3.05) is 18.5 Å². The third kappa shape index (κ3) is 2.69. The number of nitrogens with zero attached hydrogens (tertiary/aromatic N) is 2. The molecule has 1 aliphatic rings. The zero-order chi connectivity index (χ0) is 14.8. The zero-order valence-corrected chi connectivity index (χ0v) is 12.5. The fourth-order valence-corrected chi connectivity index (χ4v) is 3.35. The van der Waals surface area contributed by atoms with Crippen molar-refractivity contribution >= 4 is 28.3 Å². The SMILES string of the molecule is CCC1(CO)CCCN1C(=O)c1csc(NC(C)=O)n1. The molecule has 20 heavy (non-hydrogen) atoms. The van der Waals surface area contributed by atoms with Gasteiger partial charge in [-0.15, -0.1) is 11.3 Å². The number of anilines is 1. The average Bonchev–Trinajstić information content (AvgIpc) is 3.04. The van der Waals surface area contributed by atoms with Crippen LogP contribution in [0.2, 0.25) is 0 Å². The summed E-state index contributed by atoms with van der Waals surface area (Å²) in [5.41, 5.74) is -0.138. The van der Waals surface area contributed by atoms with Gasteiger partial charge in [-0.2, -0.15) is 0 Å². The van der Waals surface area contributed by atoms with Crippen LogP contribution >= 0.6 is 11.3 Å². The van der Waals surface area contributed by atoms with Crippen LogP contribution in [0.4, 0.5) is 5.13 Å². The Morgan fingerprint density at radius 1 is 1.60 bits per heavy atom. The minimum absolute atomic E-state index is 0.0298. The van der Waals surface area contributed by atoms with Crippen molar-refractivity contribution in [2.45, 2.75) is 38.6 Å². The number of aliphatic hydroxyl groups excluding tert-OH is 1. The van der Waals surface area contributed by atoms with Crippen LogP contribution in [0.1, 0.15) is 43.6 Å². The number of rotatable bonds is 4. The van der Waals surface area contributed by atoms with Crippen LogP contribution in [0.15, 0.2) is 5.38 Å². The first kappa shape index (κ1) is 14.9. The molecule has 1 fully saturated rings. The first-order valence-corrected chi connectivity index (χ1v) is 7.56. The summed E-state index contributed by atoms with van der Waals surface area (Å²) in [6, 6.07) is 0. The Labute approximate surface area is 121 Å². The fourth-order valence-electron chi connectivity index (χ4n) is 2.62. The predicted molar refractivity (Wildman–Crippen MR) is 76.8 cm³/mol. The number of thiazole rings is 1. The van der Waals surface area contributed by atoms with Crippen LogP contribution < -0.4 is 5.32 Å². The summed E-state index contributed by atoms with van der Waals surface area (Å²) in [5.74, 6) is -0.385. The van der Waals surface area contributed by atoms with Gasteiger partial charge in [0.05, 0.1) is 12.1 Å². The lowest BCUT2D eigenvalue weighted by Gasteiger charge is -2.35. The second kappa shape index (κ2) is 5.88. The number of likely N-dealkylation sites (tertiary alicyclic amines) is 1. The first-order valence-electron chi connectivity index (χ1n) is 6.68. The van der Waals surface area contributed by atoms with E-state index in [-0.39, 0.29) is 18.4 Å². The molecule has 0 radical (unpaired) electrons. The van der Waals surface area contributed by atoms with E-state index in [1.165, 1.54) is 18.3 Å². The van der Waals surface area contributed by atoms with E-state index < -0.39 is 5.54 Å². The first-order chi connectivity index (χ1) is 9.52. The van der Waals surface area contributed by atoms with Gasteiger partial charge in [0.2, 0.25) is 5.91 Å². The maximum Gasteiger partial charge on any atom is 0.273 e. The van der Waals surface area contributed by atoms with Gasteiger partial charge < -0.3 is 15.3 Å². The number of hydrogen-bond acceptors (Lipinski definition) is 5. The Morgan fingerprint density at radius 3 is 2.95 bits per heavy atom. The number of carbonyl (C=O) groups excluding carboxylic acids is 2. The molecule has 2 amide bonds. The lowest BCUT2D eigenvalue weighted by molar-refractivity contribution is -0.114. The van der Waals surface area contributed by atoms with Crippen LogP contribution in [-0.2, 0) is 4.79 Å². The number of hydrogen-bond donors (Lipinski definition) is 2. The largest absolute Gasteiger partial charge is 0.394 e. The molecule has 1 saturated heterocycles. The van der Waals surface area contributed by atoms with E-state index in [2.05, 4.69) is 10.3 Å². The monoisotopic (exact) mass is 297 g/mol. The highest BCUT2D eigenvalue weighted by molar-refractivity contribution is 7.14. The van der Waals surface area contributed by atoms with Crippen LogP contribution in [0.5, 0.6) is 0 Å². The Balaban J connectivity index is 2.18. The normalized spacial score (nSPS) is 22.1. The van der Waals surface area contributed by atoms with Crippen molar-refractivity contribution in [3.05, 3.63) is 11.1 Å². The summed E-state index contributed by atoms with van der Waals surface area (Å²) in [6.45, 7) is 3.99. The van der Waals surface area contributed by atoms with E-state index in [4.69, 9.17) is 0 Å². The third-order valence-electron chi connectivity index (χ3n) is 3.80. The van der Waals surface area contributed by atoms with Gasteiger partial charge in [-0.25, -0.2) is 4.98 Å². The molecule has 2 heterocycles. The summed E-state index contributed by atoms with van der Waals surface area (Å²) in [6.07, 6.45) is 2.43. The topological polar surface area (TPSA) is 82.5 Å². The molecule has 110 valence electrons. The van der Waals surface area contributed by atoms with E-state index in [1.807, 2.05) is 6.92 Å². The molecule has 1 aliphatic heterocycles. The minimum atomic E-state index is -0.463. The molecule has 2 N–H and O–H groups in total. The van der Waals surface area contributed by atoms with Crippen molar-refractivity contribution in [1.29, 1.82) is 0 Å². The highest BCUT2D eigenvalue weighted by Crippen LogP contribution is 2.33. The molecule has 0 aromatic carbocycles. The quantitative estimate of drug-likeness (QED) is 0.882. The summed E-state index contributed by atoms with van der Waals surface area (Å²) < 4.78 is 0. The number of aliphatic hydroxyl groups is 1. The molecule has 0 aliphatic carbocycles. The Hall–Kier alpha value is -1.47. The molecule has 0 spiro atoms. The summed E-state index contributed by atoms with van der Waals surface area (Å²) in [4.78, 5) is 29.4. The predicted octanol–water partition coefficient (Wildman–Crippen LogP) is 1.48. The summed E-state index contributed by atoms with van der Waals surface area (Å²) in [5, 5.41) is 14.3. The third-order valence-corrected chi connectivity index (χ3v) is 4.56. The van der Waals surface area contributed by atoms with Gasteiger partial charge in [-0.1, -0.05) is 6.92 Å². The van der Waals surface area contributed by atoms with Gasteiger partial charge in [0.15, 0.2) is 5.13 Å². The van der Waals surface area contributed by atoms with Gasteiger partial charge in [0.1, 0.15) is 5.69 Å². The molecule has 0 bridgehead atoms. The average molecular weight is 297 g/mol. The highest BCUT2D eigenvalue weighted by atomic mass is 32.1. The van der Waals surface area contributed by atoms with Gasteiger partial charge in [0, 0.05) is 18.8 Å². The summed E-state index contributed by atoms with van der Waals surface area (Å²) in [7, 11) is 0. The Morgan fingerprint density at radius 2 is 2.35 bits per heavy atom. The molecule has 7 heteroatoms. The second-order valence-electron chi connectivity index (χ2n) is 5.02. The number of carbonyl (C=O) groups is 2. The van der Waals surface area contributed by atoms with Gasteiger partial charge in [-0.3, -0.25) is 9.59 Å². The van der Waals surface area contributed by atoms with E-state index in [1.54, 1.807) is 10.3 Å². The van der Waals surface area contributed by atoms with Gasteiger partial charge >= 0.3 is 0 Å². The lowest BCUT2D eigenvalue weighted by atomic mass is 9.94. The molecule has 1 unspecified atom stereocenters. The molecule has 0 saturated carbocycles. The maximum atomic E-state index is 12.5. The minimum Gasteiger partial charge on any atom is -0.394 e. The highest BCUT2D eigenvalue weighted by Gasteiger charge is 2.42. The molecule has 6 nitrogen and oxygen atoms in total. The molecular formula is C13H19N3O3S. The van der Waals surface area contributed by atoms with Crippen molar-refractivity contribution in [2.24, 2.45) is 0 Å². The molecular weight excluding hydrogens is 278 g/mol. The number of nitrogens with one attached hydrogen (secondary N) is 1. The van der Waals surface area contributed by atoms with Gasteiger partial charge in [0.25, 0.3) is 5.91 Å². The zero-order valence-electron chi connectivity index (χ0n) is 11.7. The van der Waals surface area contributed by atoms with Crippen LogP contribution in [0.25, 0.3) is 0 Å². The van der Waals surface area contributed by atoms with E-state index in [9.17, 15) is 14.7 Å². The fraction of sp³-hybridized carbons (Fsp3) is 0.615. The van der Waals surface area contributed by atoms with Crippen molar-refractivity contribution < 1.29 is 14.7 Å². The number of aromatic nitrogens is 1. The lowest BCUT2D eigenvalue weighted by Crippen LogP contribution is -2.49. The van der Waals surface area contributed by atoms with E-state index in [0.29, 0.717) is 17.4 Å². The van der Waals surface area contributed by atoms with Crippen molar-refractivity contribution in [3.8, 4) is 0 Å². The Bertz CT molecular complexity index is 511. The molecule has 2 rings (SSSR count). The smallest absolute Gasteiger partial charge is 0.273 e. The molecule has 1 aromatic rings. The van der Waals surface area contributed by atoms with Crippen molar-refractivity contribution in [3.63, 3.8) is 0 Å². The van der Waals surface area contributed by atoms with E-state index in [0.717, 1.165) is 19.3 Å². The molecule has 1 aromatic heterocycles. The molecule has 1 atom stereocenters.